The zero-order valence-electron chi connectivity index (χ0n) is 8.48. The summed E-state index contributed by atoms with van der Waals surface area (Å²) >= 11 is 5.86. The zero-order chi connectivity index (χ0) is 12.0. The molecule has 0 radical (unpaired) electrons. The molecule has 0 amide bonds. The lowest BCUT2D eigenvalue weighted by atomic mass is 10.3. The van der Waals surface area contributed by atoms with Gasteiger partial charge in [0.05, 0.1) is 11.9 Å². The highest BCUT2D eigenvalue weighted by atomic mass is 35.5. The van der Waals surface area contributed by atoms with Crippen molar-refractivity contribution in [2.24, 2.45) is 0 Å². The second-order valence-electron chi connectivity index (χ2n) is 3.55. The number of hydrogen-bond acceptors (Lipinski definition) is 2. The molecule has 3 rings (SSSR count). The normalized spacial score (nSPS) is 11.1. The first-order valence-corrected chi connectivity index (χ1v) is 5.21. The first-order valence-electron chi connectivity index (χ1n) is 4.83. The van der Waals surface area contributed by atoms with Gasteiger partial charge < -0.3 is 0 Å². The molecule has 0 aliphatic carbocycles. The van der Waals surface area contributed by atoms with Gasteiger partial charge in [0.2, 0.25) is 0 Å². The van der Waals surface area contributed by atoms with Crippen LogP contribution in [0.25, 0.3) is 11.3 Å². The fourth-order valence-electron chi connectivity index (χ4n) is 1.70. The average molecular weight is 251 g/mol. The maximum Gasteiger partial charge on any atom is 0.353 e. The van der Waals surface area contributed by atoms with E-state index >= 15 is 0 Å². The molecule has 7 heteroatoms. The van der Waals surface area contributed by atoms with Gasteiger partial charge in [-0.2, -0.15) is 4.52 Å². The second-order valence-corrected chi connectivity index (χ2v) is 3.98. The van der Waals surface area contributed by atoms with E-state index in [2.05, 4.69) is 10.1 Å². The van der Waals surface area contributed by atoms with Crippen LogP contribution in [0.5, 0.6) is 0 Å². The summed E-state index contributed by atoms with van der Waals surface area (Å²) in [5, 5.41) is 2.91. The topological polar surface area (TPSA) is 75.1 Å². The maximum atomic E-state index is 11.9. The van der Waals surface area contributed by atoms with E-state index in [-0.39, 0.29) is 5.69 Å². The van der Waals surface area contributed by atoms with Gasteiger partial charge in [0.1, 0.15) is 0 Å². The van der Waals surface area contributed by atoms with Crippen molar-refractivity contribution in [2.45, 2.75) is 0 Å². The number of nitrogens with zero attached hydrogens (tertiary/aromatic N) is 2. The standard InChI is InChI=1S/C10H7ClN4O2/c11-6-2-1-3-7(4-6)14-5-8-12-9(16)13-15(8)10(14)17/h1-5H,(H2,12,13,16). The van der Waals surface area contributed by atoms with Gasteiger partial charge in [-0.05, 0) is 18.2 Å². The fraction of sp³-hybridized carbons (Fsp3) is 0. The SMILES string of the molecule is O=c1[nH]c2cn(-c3cccc(Cl)c3)c(=O)n2[nH]1. The van der Waals surface area contributed by atoms with Gasteiger partial charge >= 0.3 is 11.4 Å². The van der Waals surface area contributed by atoms with Crippen LogP contribution in [0.4, 0.5) is 0 Å². The Morgan fingerprint density at radius 1 is 1.24 bits per heavy atom. The van der Waals surface area contributed by atoms with E-state index in [1.165, 1.54) is 10.8 Å². The highest BCUT2D eigenvalue weighted by Gasteiger charge is 2.08. The lowest BCUT2D eigenvalue weighted by Crippen LogP contribution is -2.21. The second kappa shape index (κ2) is 3.39. The predicted octanol–water partition coefficient (Wildman–Crippen LogP) is 0.760. The summed E-state index contributed by atoms with van der Waals surface area (Å²) < 4.78 is 2.54. The first-order chi connectivity index (χ1) is 8.15. The summed E-state index contributed by atoms with van der Waals surface area (Å²) in [6, 6.07) is 6.89. The quantitative estimate of drug-likeness (QED) is 0.669. The molecule has 0 bridgehead atoms. The van der Waals surface area contributed by atoms with Gasteiger partial charge in [-0.25, -0.2) is 14.7 Å². The van der Waals surface area contributed by atoms with Crippen molar-refractivity contribution < 1.29 is 0 Å². The molecule has 0 saturated carbocycles. The Morgan fingerprint density at radius 2 is 2.06 bits per heavy atom. The van der Waals surface area contributed by atoms with E-state index in [4.69, 9.17) is 11.6 Å². The number of benzene rings is 1. The third-order valence-electron chi connectivity index (χ3n) is 2.43. The minimum absolute atomic E-state index is 0.361. The van der Waals surface area contributed by atoms with Crippen LogP contribution < -0.4 is 11.4 Å². The fourth-order valence-corrected chi connectivity index (χ4v) is 1.88. The number of aromatic amines is 2. The summed E-state index contributed by atoms with van der Waals surface area (Å²) in [5.41, 5.74) is 0.261. The van der Waals surface area contributed by atoms with Crippen molar-refractivity contribution in [2.75, 3.05) is 0 Å². The number of imidazole rings is 1. The molecule has 2 aromatic heterocycles. The first kappa shape index (κ1) is 9.98. The van der Waals surface area contributed by atoms with Gasteiger partial charge in [0, 0.05) is 5.02 Å². The molecule has 3 aromatic rings. The maximum absolute atomic E-state index is 11.9. The summed E-state index contributed by atoms with van der Waals surface area (Å²) in [6.07, 6.45) is 1.53. The van der Waals surface area contributed by atoms with Crippen LogP contribution in [-0.2, 0) is 0 Å². The number of rotatable bonds is 1. The van der Waals surface area contributed by atoms with Gasteiger partial charge in [0.25, 0.3) is 0 Å². The Morgan fingerprint density at radius 3 is 2.76 bits per heavy atom. The summed E-state index contributed by atoms with van der Waals surface area (Å²) in [7, 11) is 0. The number of nitrogens with one attached hydrogen (secondary N) is 2. The molecule has 0 saturated heterocycles. The Hall–Kier alpha value is -2.21. The van der Waals surface area contributed by atoms with Gasteiger partial charge in [0.15, 0.2) is 5.65 Å². The van der Waals surface area contributed by atoms with Crippen LogP contribution in [0, 0.1) is 0 Å². The van der Waals surface area contributed by atoms with Crippen molar-refractivity contribution in [3.63, 3.8) is 0 Å². The largest absolute Gasteiger partial charge is 0.353 e. The molecule has 6 nitrogen and oxygen atoms in total. The molecule has 1 aromatic carbocycles. The Bertz CT molecular complexity index is 807. The average Bonchev–Trinajstić information content (AvgIpc) is 2.78. The monoisotopic (exact) mass is 250 g/mol. The molecule has 86 valence electrons. The highest BCUT2D eigenvalue weighted by Crippen LogP contribution is 2.13. The molecular formula is C10H7ClN4O2. The molecule has 0 unspecified atom stereocenters. The summed E-state index contributed by atoms with van der Waals surface area (Å²) in [5.74, 6) is 0. The van der Waals surface area contributed by atoms with Crippen LogP contribution in [0.1, 0.15) is 0 Å². The zero-order valence-corrected chi connectivity index (χ0v) is 9.23. The minimum atomic E-state index is -0.421. The summed E-state index contributed by atoms with van der Waals surface area (Å²) in [6.45, 7) is 0. The van der Waals surface area contributed by atoms with Crippen LogP contribution >= 0.6 is 11.6 Å². The van der Waals surface area contributed by atoms with Crippen molar-refractivity contribution in [3.05, 3.63) is 56.5 Å². The van der Waals surface area contributed by atoms with E-state index < -0.39 is 5.69 Å². The van der Waals surface area contributed by atoms with E-state index in [1.54, 1.807) is 24.3 Å². The molecule has 2 heterocycles. The van der Waals surface area contributed by atoms with Crippen molar-refractivity contribution in [1.82, 2.24) is 19.2 Å². The van der Waals surface area contributed by atoms with Crippen LogP contribution in [0.3, 0.4) is 0 Å². The number of aromatic nitrogens is 4. The smallest absolute Gasteiger partial charge is 0.290 e. The number of halogens is 1. The number of hydrogen-bond donors (Lipinski definition) is 2. The predicted molar refractivity (Wildman–Crippen MR) is 63.0 cm³/mol. The molecule has 0 fully saturated rings. The van der Waals surface area contributed by atoms with Crippen LogP contribution in [0.2, 0.25) is 5.02 Å². The van der Waals surface area contributed by atoms with Gasteiger partial charge in [-0.1, -0.05) is 17.7 Å². The number of fused-ring (bicyclic) bond motifs is 1. The highest BCUT2D eigenvalue weighted by molar-refractivity contribution is 6.30. The molecular weight excluding hydrogens is 244 g/mol. The molecule has 0 spiro atoms. The van der Waals surface area contributed by atoms with E-state index in [0.29, 0.717) is 16.4 Å². The third kappa shape index (κ3) is 1.50. The lowest BCUT2D eigenvalue weighted by Gasteiger charge is -2.00. The van der Waals surface area contributed by atoms with Crippen molar-refractivity contribution in [3.8, 4) is 5.69 Å². The Labute approximate surface area is 99.1 Å². The van der Waals surface area contributed by atoms with E-state index in [0.717, 1.165) is 4.52 Å². The Balaban J connectivity index is 2.31. The molecule has 0 aliphatic heterocycles. The Kier molecular flexibility index (Phi) is 1.99. The molecule has 2 N–H and O–H groups in total. The van der Waals surface area contributed by atoms with Gasteiger partial charge in [-0.15, -0.1) is 0 Å². The molecule has 0 aliphatic rings. The van der Waals surface area contributed by atoms with Crippen LogP contribution in [0.15, 0.2) is 40.1 Å². The lowest BCUT2D eigenvalue weighted by molar-refractivity contribution is 0.840. The van der Waals surface area contributed by atoms with Gasteiger partial charge in [-0.3, -0.25) is 9.55 Å². The third-order valence-corrected chi connectivity index (χ3v) is 2.67. The minimum Gasteiger partial charge on any atom is -0.290 e. The summed E-state index contributed by atoms with van der Waals surface area (Å²) in [4.78, 5) is 25.5. The van der Waals surface area contributed by atoms with Crippen LogP contribution in [-0.4, -0.2) is 19.2 Å². The number of H-pyrrole nitrogens is 2. The van der Waals surface area contributed by atoms with E-state index in [1.807, 2.05) is 0 Å². The van der Waals surface area contributed by atoms with Crippen molar-refractivity contribution in [1.29, 1.82) is 0 Å². The van der Waals surface area contributed by atoms with E-state index in [9.17, 15) is 9.59 Å². The molecule has 0 atom stereocenters. The van der Waals surface area contributed by atoms with Crippen molar-refractivity contribution >= 4 is 17.2 Å². The molecule has 17 heavy (non-hydrogen) atoms.